The van der Waals surface area contributed by atoms with Gasteiger partial charge in [-0.15, -0.1) is 0 Å². The molecule has 9 atom stereocenters. The van der Waals surface area contributed by atoms with E-state index in [1.165, 1.54) is 68.9 Å². The van der Waals surface area contributed by atoms with E-state index in [-0.39, 0.29) is 23.0 Å². The Morgan fingerprint density at radius 1 is 0.844 bits per heavy atom. The maximum atomic E-state index is 14.6. The lowest BCUT2D eigenvalue weighted by atomic mass is 9.33. The molecule has 3 nitrogen and oxygen atoms in total. The quantitative estimate of drug-likeness (QED) is 0.336. The Morgan fingerprint density at radius 2 is 1.62 bits per heavy atom. The van der Waals surface area contributed by atoms with Crippen LogP contribution in [0.5, 0.6) is 0 Å². The summed E-state index contributed by atoms with van der Waals surface area (Å²) in [7, 11) is 0. The number of allylic oxidation sites excluding steroid dienone is 4. The monoisotopic (exact) mass is 615 g/mol. The fraction of sp³-hybridized carbons (Fsp3) is 0.732. The summed E-state index contributed by atoms with van der Waals surface area (Å²) in [6, 6.07) is 9.69. The maximum Gasteiger partial charge on any atom is 0.315 e. The van der Waals surface area contributed by atoms with E-state index >= 15 is 0 Å². The third-order valence-electron chi connectivity index (χ3n) is 15.9. The number of rotatable bonds is 5. The summed E-state index contributed by atoms with van der Waals surface area (Å²) >= 11 is 0. The molecule has 1 aromatic carbocycles. The van der Waals surface area contributed by atoms with Crippen LogP contribution in [0.3, 0.4) is 0 Å². The molecular weight excluding hydrogens is 557 g/mol. The Bertz CT molecular complexity index is 1380. The van der Waals surface area contributed by atoms with Crippen LogP contribution in [0.1, 0.15) is 124 Å². The zero-order valence-corrected chi connectivity index (χ0v) is 28.7. The van der Waals surface area contributed by atoms with Crippen LogP contribution in [0, 0.1) is 50.7 Å². The number of carbonyl (C=O) groups is 1. The molecular formula is C41H58FNO2. The van der Waals surface area contributed by atoms with Crippen molar-refractivity contribution in [2.75, 3.05) is 6.67 Å². The number of nitrogens with two attached hydrogens (primary N) is 1. The molecule has 6 aliphatic rings. The number of ether oxygens (including phenoxy) is 1. The molecule has 0 radical (unpaired) electrons. The Morgan fingerprint density at radius 3 is 2.33 bits per heavy atom. The van der Waals surface area contributed by atoms with Crippen molar-refractivity contribution in [1.82, 2.24) is 0 Å². The molecule has 2 N–H and O–H groups in total. The molecule has 246 valence electrons. The number of benzene rings is 1. The summed E-state index contributed by atoms with van der Waals surface area (Å²) in [5.74, 6) is 2.46. The second kappa shape index (κ2) is 10.8. The lowest BCUT2D eigenvalue weighted by Gasteiger charge is -2.72. The van der Waals surface area contributed by atoms with Crippen LogP contribution in [0.15, 0.2) is 53.6 Å². The summed E-state index contributed by atoms with van der Waals surface area (Å²) < 4.78 is 20.3. The van der Waals surface area contributed by atoms with Crippen molar-refractivity contribution in [1.29, 1.82) is 0 Å². The lowest BCUT2D eigenvalue weighted by Crippen LogP contribution is -2.66. The number of alkyl halides is 1. The fourth-order valence-electron chi connectivity index (χ4n) is 13.1. The minimum absolute atomic E-state index is 0.0475. The molecule has 45 heavy (non-hydrogen) atoms. The van der Waals surface area contributed by atoms with Gasteiger partial charge >= 0.3 is 5.97 Å². The molecule has 7 rings (SSSR count). The second-order valence-corrected chi connectivity index (χ2v) is 17.9. The minimum atomic E-state index is -1.06. The van der Waals surface area contributed by atoms with Gasteiger partial charge in [0.2, 0.25) is 0 Å². The summed E-state index contributed by atoms with van der Waals surface area (Å²) in [5.41, 5.74) is 11.0. The third-order valence-corrected chi connectivity index (χ3v) is 15.9. The van der Waals surface area contributed by atoms with Gasteiger partial charge in [-0.05, 0) is 139 Å². The Balaban J connectivity index is 1.11. The molecule has 0 saturated heterocycles. The van der Waals surface area contributed by atoms with Crippen LogP contribution in [-0.2, 0) is 16.1 Å². The summed E-state index contributed by atoms with van der Waals surface area (Å²) in [4.78, 5) is 13.2. The highest BCUT2D eigenvalue weighted by molar-refractivity contribution is 5.78. The summed E-state index contributed by atoms with van der Waals surface area (Å²) in [5, 5.41) is 0. The van der Waals surface area contributed by atoms with Crippen LogP contribution < -0.4 is 5.73 Å². The van der Waals surface area contributed by atoms with E-state index in [1.54, 1.807) is 0 Å². The first-order valence-corrected chi connectivity index (χ1v) is 18.3. The van der Waals surface area contributed by atoms with Crippen molar-refractivity contribution in [3.63, 3.8) is 0 Å². The van der Waals surface area contributed by atoms with Gasteiger partial charge in [0.25, 0.3) is 0 Å². The van der Waals surface area contributed by atoms with Gasteiger partial charge in [-0.3, -0.25) is 4.79 Å². The number of esters is 1. The third kappa shape index (κ3) is 4.53. The van der Waals surface area contributed by atoms with Crippen molar-refractivity contribution in [2.24, 2.45) is 56.5 Å². The molecule has 4 heteroatoms. The zero-order valence-electron chi connectivity index (χ0n) is 28.7. The number of fused-ring (bicyclic) bond motifs is 7. The molecule has 1 aromatic rings. The Hall–Kier alpha value is -1.94. The summed E-state index contributed by atoms with van der Waals surface area (Å²) in [6.07, 6.45) is 19.3. The zero-order chi connectivity index (χ0) is 31.9. The molecule has 4 saturated carbocycles. The lowest BCUT2D eigenvalue weighted by molar-refractivity contribution is -0.216. The topological polar surface area (TPSA) is 52.3 Å². The van der Waals surface area contributed by atoms with Gasteiger partial charge < -0.3 is 10.5 Å². The van der Waals surface area contributed by atoms with Crippen LogP contribution in [0.4, 0.5) is 4.39 Å². The molecule has 0 bridgehead atoms. The smallest absolute Gasteiger partial charge is 0.315 e. The number of halogens is 1. The maximum absolute atomic E-state index is 14.6. The Labute approximate surface area is 272 Å². The average Bonchev–Trinajstić information content (AvgIpc) is 3.42. The van der Waals surface area contributed by atoms with E-state index in [2.05, 4.69) is 46.8 Å². The van der Waals surface area contributed by atoms with E-state index in [9.17, 15) is 9.18 Å². The molecule has 0 spiro atoms. The van der Waals surface area contributed by atoms with Gasteiger partial charge in [0.15, 0.2) is 0 Å². The number of hydrogen-bond acceptors (Lipinski definition) is 3. The van der Waals surface area contributed by atoms with Crippen LogP contribution in [0.2, 0.25) is 0 Å². The van der Waals surface area contributed by atoms with Gasteiger partial charge in [0, 0.05) is 5.54 Å². The largest absolute Gasteiger partial charge is 0.460 e. The molecule has 2 unspecified atom stereocenters. The molecule has 4 fully saturated rings. The fourth-order valence-corrected chi connectivity index (χ4v) is 13.1. The van der Waals surface area contributed by atoms with Gasteiger partial charge in [0.1, 0.15) is 13.3 Å². The standard InChI is InChI=1S/C41H58FNO2/c1-36(2)30(29-15-22-40(27-42,23-16-29)35(44)45-26-28-10-7-6-8-11-28)17-20-37(3)33(36)18-21-39(5)34(37)14-13-31-32-12-9-19-41(32,43)25-24-38(31,39)4/h6-8,10-11,15,17,31-34H,9,12-14,16,18-27,43H2,1-5H3/t31-,32?,33?,34+,37+,38-,39-,40+,41+/m1/s1. The van der Waals surface area contributed by atoms with Crippen molar-refractivity contribution in [3.05, 3.63) is 59.2 Å². The van der Waals surface area contributed by atoms with Gasteiger partial charge in [-0.1, -0.05) is 83.5 Å². The van der Waals surface area contributed by atoms with Crippen molar-refractivity contribution < 1.29 is 13.9 Å². The average molecular weight is 616 g/mol. The SMILES string of the molecule is CC1(C)C(C2=CC[C@](CF)(C(=O)OCc3ccccc3)CC2)=CC[C@@]2(C)C1CC[C@]1(C)[C@H]2CC[C@@H]2C3CCC[C@]3(N)CC[C@]21C. The first-order chi connectivity index (χ1) is 21.3. The second-order valence-electron chi connectivity index (χ2n) is 17.9. The molecule has 0 amide bonds. The van der Waals surface area contributed by atoms with Crippen molar-refractivity contribution in [2.45, 2.75) is 130 Å². The number of carbonyl (C=O) groups excluding carboxylic acids is 1. The van der Waals surface area contributed by atoms with Gasteiger partial charge in [-0.2, -0.15) is 0 Å². The van der Waals surface area contributed by atoms with Crippen LogP contribution in [0.25, 0.3) is 0 Å². The Kier molecular flexibility index (Phi) is 7.59. The van der Waals surface area contributed by atoms with Crippen LogP contribution >= 0.6 is 0 Å². The van der Waals surface area contributed by atoms with Crippen molar-refractivity contribution in [3.8, 4) is 0 Å². The first-order valence-electron chi connectivity index (χ1n) is 18.3. The van der Waals surface area contributed by atoms with E-state index in [1.807, 2.05) is 30.3 Å². The van der Waals surface area contributed by atoms with Gasteiger partial charge in [-0.25, -0.2) is 4.39 Å². The van der Waals surface area contributed by atoms with E-state index < -0.39 is 18.1 Å². The predicted molar refractivity (Wildman–Crippen MR) is 180 cm³/mol. The van der Waals surface area contributed by atoms with Gasteiger partial charge in [0.05, 0.1) is 5.41 Å². The minimum Gasteiger partial charge on any atom is -0.460 e. The highest BCUT2D eigenvalue weighted by Gasteiger charge is 2.69. The highest BCUT2D eigenvalue weighted by atomic mass is 19.1. The van der Waals surface area contributed by atoms with Crippen molar-refractivity contribution >= 4 is 5.97 Å². The normalized spacial score (nSPS) is 45.2. The van der Waals surface area contributed by atoms with Crippen LogP contribution in [-0.4, -0.2) is 18.2 Å². The summed E-state index contributed by atoms with van der Waals surface area (Å²) in [6.45, 7) is 12.6. The van der Waals surface area contributed by atoms with E-state index in [0.29, 0.717) is 29.6 Å². The van der Waals surface area contributed by atoms with E-state index in [0.717, 1.165) is 36.2 Å². The molecule has 0 heterocycles. The molecule has 6 aliphatic carbocycles. The predicted octanol–water partition coefficient (Wildman–Crippen LogP) is 9.90. The van der Waals surface area contributed by atoms with E-state index in [4.69, 9.17) is 10.5 Å². The molecule has 0 aliphatic heterocycles. The first kappa shape index (κ1) is 31.6. The molecule has 0 aromatic heterocycles. The highest BCUT2D eigenvalue weighted by Crippen LogP contribution is 2.76. The number of hydrogen-bond donors (Lipinski definition) is 1.